The minimum absolute atomic E-state index is 0.0303. The second kappa shape index (κ2) is 10.4. The summed E-state index contributed by atoms with van der Waals surface area (Å²) in [6.45, 7) is 0.926. The SMILES string of the molecule is COc1cc(CN(C)C(=O)CCc2ccc(F)cc2)ccc1OCc1ccccc1. The van der Waals surface area contributed by atoms with E-state index in [-0.39, 0.29) is 11.7 Å². The molecule has 0 atom stereocenters. The molecule has 0 bridgehead atoms. The number of methoxy groups -OCH3 is 1. The third kappa shape index (κ3) is 6.08. The summed E-state index contributed by atoms with van der Waals surface area (Å²) in [4.78, 5) is 14.1. The molecule has 0 fully saturated rings. The maximum atomic E-state index is 13.0. The van der Waals surface area contributed by atoms with Crippen molar-refractivity contribution in [2.24, 2.45) is 0 Å². The smallest absolute Gasteiger partial charge is 0.222 e. The van der Waals surface area contributed by atoms with Crippen molar-refractivity contribution in [3.8, 4) is 11.5 Å². The van der Waals surface area contributed by atoms with Gasteiger partial charge in [-0.1, -0.05) is 48.5 Å². The van der Waals surface area contributed by atoms with Gasteiger partial charge < -0.3 is 14.4 Å². The first-order valence-corrected chi connectivity index (χ1v) is 9.87. The van der Waals surface area contributed by atoms with Crippen molar-refractivity contribution in [3.05, 3.63) is 95.3 Å². The van der Waals surface area contributed by atoms with E-state index in [1.807, 2.05) is 48.5 Å². The van der Waals surface area contributed by atoms with Crippen LogP contribution in [-0.2, 0) is 24.4 Å². The number of benzene rings is 3. The van der Waals surface area contributed by atoms with Crippen molar-refractivity contribution in [1.29, 1.82) is 0 Å². The van der Waals surface area contributed by atoms with Gasteiger partial charge in [0.2, 0.25) is 5.91 Å². The molecule has 0 heterocycles. The highest BCUT2D eigenvalue weighted by Crippen LogP contribution is 2.29. The quantitative estimate of drug-likeness (QED) is 0.501. The highest BCUT2D eigenvalue weighted by atomic mass is 19.1. The van der Waals surface area contributed by atoms with Gasteiger partial charge in [-0.3, -0.25) is 4.79 Å². The average molecular weight is 407 g/mol. The molecule has 0 aliphatic heterocycles. The van der Waals surface area contributed by atoms with Crippen LogP contribution in [0.15, 0.2) is 72.8 Å². The molecule has 0 unspecified atom stereocenters. The number of ether oxygens (including phenoxy) is 2. The minimum atomic E-state index is -0.271. The summed E-state index contributed by atoms with van der Waals surface area (Å²) in [5, 5.41) is 0. The van der Waals surface area contributed by atoms with Crippen LogP contribution < -0.4 is 9.47 Å². The van der Waals surface area contributed by atoms with Gasteiger partial charge in [0, 0.05) is 20.0 Å². The fourth-order valence-electron chi connectivity index (χ4n) is 3.12. The molecule has 0 N–H and O–H groups in total. The molecule has 30 heavy (non-hydrogen) atoms. The van der Waals surface area contributed by atoms with Gasteiger partial charge in [-0.15, -0.1) is 0 Å². The number of aryl methyl sites for hydroxylation is 1. The molecule has 3 rings (SSSR count). The summed E-state index contributed by atoms with van der Waals surface area (Å²) in [6.07, 6.45) is 0.955. The maximum absolute atomic E-state index is 13.0. The number of nitrogens with zero attached hydrogens (tertiary/aromatic N) is 1. The van der Waals surface area contributed by atoms with E-state index in [1.54, 1.807) is 31.2 Å². The normalized spacial score (nSPS) is 10.5. The predicted molar refractivity (Wildman–Crippen MR) is 115 cm³/mol. The van der Waals surface area contributed by atoms with Crippen LogP contribution in [0.25, 0.3) is 0 Å². The van der Waals surface area contributed by atoms with Gasteiger partial charge in [0.25, 0.3) is 0 Å². The molecular formula is C25H26FNO3. The molecule has 5 heteroatoms. The monoisotopic (exact) mass is 407 g/mol. The molecule has 0 aromatic heterocycles. The zero-order chi connectivity index (χ0) is 21.3. The van der Waals surface area contributed by atoms with Crippen LogP contribution in [0.2, 0.25) is 0 Å². The molecule has 0 saturated carbocycles. The predicted octanol–water partition coefficient (Wildman–Crippen LogP) is 5.00. The lowest BCUT2D eigenvalue weighted by Crippen LogP contribution is -2.26. The second-order valence-corrected chi connectivity index (χ2v) is 7.14. The first-order valence-electron chi connectivity index (χ1n) is 9.87. The molecule has 156 valence electrons. The van der Waals surface area contributed by atoms with Crippen LogP contribution in [0.1, 0.15) is 23.1 Å². The zero-order valence-corrected chi connectivity index (χ0v) is 17.3. The van der Waals surface area contributed by atoms with E-state index in [0.717, 1.165) is 16.7 Å². The van der Waals surface area contributed by atoms with E-state index in [2.05, 4.69) is 0 Å². The molecule has 0 aliphatic carbocycles. The lowest BCUT2D eigenvalue weighted by atomic mass is 10.1. The fraction of sp³-hybridized carbons (Fsp3) is 0.240. The van der Waals surface area contributed by atoms with Crippen molar-refractivity contribution < 1.29 is 18.7 Å². The highest BCUT2D eigenvalue weighted by Gasteiger charge is 2.12. The summed E-state index contributed by atoms with van der Waals surface area (Å²) < 4.78 is 24.3. The van der Waals surface area contributed by atoms with Gasteiger partial charge in [0.1, 0.15) is 12.4 Å². The van der Waals surface area contributed by atoms with E-state index in [1.165, 1.54) is 12.1 Å². The molecule has 3 aromatic carbocycles. The maximum Gasteiger partial charge on any atom is 0.222 e. The second-order valence-electron chi connectivity index (χ2n) is 7.14. The summed E-state index contributed by atoms with van der Waals surface area (Å²) in [5.41, 5.74) is 2.98. The Kier molecular flexibility index (Phi) is 7.44. The highest BCUT2D eigenvalue weighted by molar-refractivity contribution is 5.76. The van der Waals surface area contributed by atoms with E-state index in [4.69, 9.17) is 9.47 Å². The standard InChI is InChI=1S/C25H26FNO3/c1-27(25(28)15-11-19-8-12-22(26)13-9-19)17-21-10-14-23(24(16-21)29-2)30-18-20-6-4-3-5-7-20/h3-10,12-14,16H,11,15,17-18H2,1-2H3. The summed E-state index contributed by atoms with van der Waals surface area (Å²) in [7, 11) is 3.38. The summed E-state index contributed by atoms with van der Waals surface area (Å²) in [6, 6.07) is 21.9. The molecule has 0 radical (unpaired) electrons. The van der Waals surface area contributed by atoms with Gasteiger partial charge in [-0.05, 0) is 47.4 Å². The summed E-state index contributed by atoms with van der Waals surface area (Å²) in [5.74, 6) is 1.06. The van der Waals surface area contributed by atoms with Crippen molar-refractivity contribution in [2.45, 2.75) is 26.0 Å². The van der Waals surface area contributed by atoms with Crippen molar-refractivity contribution >= 4 is 5.91 Å². The van der Waals surface area contributed by atoms with Crippen molar-refractivity contribution in [1.82, 2.24) is 4.90 Å². The molecule has 1 amide bonds. The van der Waals surface area contributed by atoms with Gasteiger partial charge in [-0.25, -0.2) is 4.39 Å². The van der Waals surface area contributed by atoms with Crippen molar-refractivity contribution in [2.75, 3.05) is 14.2 Å². The Morgan fingerprint density at radius 1 is 0.900 bits per heavy atom. The Labute approximate surface area is 176 Å². The molecule has 3 aromatic rings. The van der Waals surface area contributed by atoms with Crippen LogP contribution in [0, 0.1) is 5.82 Å². The van der Waals surface area contributed by atoms with Crippen LogP contribution >= 0.6 is 0 Å². The lowest BCUT2D eigenvalue weighted by molar-refractivity contribution is -0.130. The summed E-state index contributed by atoms with van der Waals surface area (Å²) >= 11 is 0. The number of halogens is 1. The van der Waals surface area contributed by atoms with Crippen molar-refractivity contribution in [3.63, 3.8) is 0 Å². The van der Waals surface area contributed by atoms with Gasteiger partial charge in [-0.2, -0.15) is 0 Å². The van der Waals surface area contributed by atoms with Gasteiger partial charge in [0.05, 0.1) is 7.11 Å². The zero-order valence-electron chi connectivity index (χ0n) is 17.3. The number of hydrogen-bond donors (Lipinski definition) is 0. The van der Waals surface area contributed by atoms with Crippen LogP contribution in [0.4, 0.5) is 4.39 Å². The molecule has 4 nitrogen and oxygen atoms in total. The molecule has 0 saturated heterocycles. The number of amides is 1. The minimum Gasteiger partial charge on any atom is -0.493 e. The Bertz CT molecular complexity index is 958. The lowest BCUT2D eigenvalue weighted by Gasteiger charge is -2.19. The van der Waals surface area contributed by atoms with Gasteiger partial charge in [0.15, 0.2) is 11.5 Å². The Morgan fingerprint density at radius 2 is 1.60 bits per heavy atom. The van der Waals surface area contributed by atoms with Crippen LogP contribution in [0.5, 0.6) is 11.5 Å². The van der Waals surface area contributed by atoms with Crippen LogP contribution in [-0.4, -0.2) is 25.0 Å². The fourth-order valence-corrected chi connectivity index (χ4v) is 3.12. The third-order valence-corrected chi connectivity index (χ3v) is 4.85. The first-order chi connectivity index (χ1) is 14.5. The Hall–Kier alpha value is -3.34. The molecule has 0 spiro atoms. The number of carbonyl (C=O) groups excluding carboxylic acids is 1. The third-order valence-electron chi connectivity index (χ3n) is 4.85. The van der Waals surface area contributed by atoms with E-state index in [9.17, 15) is 9.18 Å². The molecule has 0 aliphatic rings. The Balaban J connectivity index is 1.55. The number of hydrogen-bond acceptors (Lipinski definition) is 3. The number of carbonyl (C=O) groups is 1. The van der Waals surface area contributed by atoms with Gasteiger partial charge >= 0.3 is 0 Å². The average Bonchev–Trinajstić information content (AvgIpc) is 2.78. The Morgan fingerprint density at radius 3 is 2.30 bits per heavy atom. The number of rotatable bonds is 9. The topological polar surface area (TPSA) is 38.8 Å². The van der Waals surface area contributed by atoms with Crippen LogP contribution in [0.3, 0.4) is 0 Å². The largest absolute Gasteiger partial charge is 0.493 e. The van der Waals surface area contributed by atoms with E-state index >= 15 is 0 Å². The first kappa shape index (κ1) is 21.4. The van der Waals surface area contributed by atoms with E-state index in [0.29, 0.717) is 37.5 Å². The van der Waals surface area contributed by atoms with E-state index < -0.39 is 0 Å². The molecular weight excluding hydrogens is 381 g/mol.